The van der Waals surface area contributed by atoms with Crippen LogP contribution in [-0.4, -0.2) is 25.4 Å². The van der Waals surface area contributed by atoms with Gasteiger partial charge in [0.25, 0.3) is 10.0 Å². The Morgan fingerprint density at radius 3 is 2.63 bits per heavy atom. The lowest BCUT2D eigenvalue weighted by molar-refractivity contribution is -0.117. The van der Waals surface area contributed by atoms with Gasteiger partial charge in [0.1, 0.15) is 0 Å². The van der Waals surface area contributed by atoms with Crippen LogP contribution in [0.3, 0.4) is 0 Å². The van der Waals surface area contributed by atoms with Crippen LogP contribution in [0.25, 0.3) is 11.1 Å². The molecule has 2 heterocycles. The molecule has 1 fully saturated rings. The molecule has 0 radical (unpaired) electrons. The number of hydrogen-bond donors (Lipinski definition) is 1. The zero-order valence-corrected chi connectivity index (χ0v) is 15.3. The maximum atomic E-state index is 12.8. The summed E-state index contributed by atoms with van der Waals surface area (Å²) in [6, 6.07) is 11.0. The molecule has 140 valence electrons. The predicted molar refractivity (Wildman–Crippen MR) is 100 cm³/mol. The number of aromatic nitrogens is 1. The number of nitrogens with one attached hydrogen (secondary N) is 1. The summed E-state index contributed by atoms with van der Waals surface area (Å²) in [4.78, 5) is 25.2. The average Bonchev–Trinajstić information content (AvgIpc) is 3.18. The molecule has 4 rings (SSSR count). The number of anilines is 2. The second kappa shape index (κ2) is 6.27. The summed E-state index contributed by atoms with van der Waals surface area (Å²) < 4.78 is 34.6. The molecule has 9 heteroatoms. The van der Waals surface area contributed by atoms with E-state index in [1.807, 2.05) is 0 Å². The molecular formula is C18H17N3O5S. The van der Waals surface area contributed by atoms with E-state index in [1.165, 1.54) is 22.8 Å². The van der Waals surface area contributed by atoms with Gasteiger partial charge in [0.05, 0.1) is 21.8 Å². The molecule has 1 amide bonds. The quantitative estimate of drug-likeness (QED) is 0.738. The van der Waals surface area contributed by atoms with E-state index >= 15 is 0 Å². The number of fused-ring (bicyclic) bond motifs is 1. The van der Waals surface area contributed by atoms with E-state index < -0.39 is 15.8 Å². The van der Waals surface area contributed by atoms with Crippen LogP contribution >= 0.6 is 0 Å². The first-order chi connectivity index (χ1) is 12.9. The van der Waals surface area contributed by atoms with Gasteiger partial charge in [-0.3, -0.25) is 14.1 Å². The van der Waals surface area contributed by atoms with Crippen LogP contribution in [0.4, 0.5) is 11.4 Å². The third-order valence-corrected chi connectivity index (χ3v) is 5.95. The van der Waals surface area contributed by atoms with Crippen molar-refractivity contribution in [3.8, 4) is 0 Å². The standard InChI is InChI=1S/C18H17N3O5S/c1-20-15-9-8-12(11-16(15)26-18(20)23)27(24,25)19-13-5-2-3-6-14(13)21-10-4-7-17(21)22/h2-3,5-6,8-9,11,19H,4,7,10H2,1H3. The van der Waals surface area contributed by atoms with Crippen LogP contribution in [0.15, 0.2) is 56.6 Å². The minimum absolute atomic E-state index is 0.0332. The summed E-state index contributed by atoms with van der Waals surface area (Å²) in [7, 11) is -2.39. The Labute approximate surface area is 155 Å². The lowest BCUT2D eigenvalue weighted by Crippen LogP contribution is -2.25. The summed E-state index contributed by atoms with van der Waals surface area (Å²) in [5.41, 5.74) is 1.54. The van der Waals surface area contributed by atoms with E-state index in [9.17, 15) is 18.0 Å². The molecule has 27 heavy (non-hydrogen) atoms. The second-order valence-electron chi connectivity index (χ2n) is 6.33. The maximum Gasteiger partial charge on any atom is 0.419 e. The molecule has 0 atom stereocenters. The Bertz CT molecular complexity index is 1210. The lowest BCUT2D eigenvalue weighted by atomic mass is 10.2. The van der Waals surface area contributed by atoms with Crippen LogP contribution in [0.2, 0.25) is 0 Å². The van der Waals surface area contributed by atoms with Crippen molar-refractivity contribution in [3.63, 3.8) is 0 Å². The van der Waals surface area contributed by atoms with Gasteiger partial charge in [-0.2, -0.15) is 0 Å². The van der Waals surface area contributed by atoms with Crippen LogP contribution < -0.4 is 15.4 Å². The number of hydrogen-bond acceptors (Lipinski definition) is 5. The number of aryl methyl sites for hydroxylation is 1. The fourth-order valence-electron chi connectivity index (χ4n) is 3.18. The van der Waals surface area contributed by atoms with E-state index in [2.05, 4.69) is 4.72 Å². The van der Waals surface area contributed by atoms with Gasteiger partial charge in [-0.1, -0.05) is 12.1 Å². The van der Waals surface area contributed by atoms with Crippen LogP contribution in [0.5, 0.6) is 0 Å². The minimum Gasteiger partial charge on any atom is -0.408 e. The van der Waals surface area contributed by atoms with Gasteiger partial charge in [-0.15, -0.1) is 0 Å². The van der Waals surface area contributed by atoms with Crippen molar-refractivity contribution in [1.82, 2.24) is 4.57 Å². The Balaban J connectivity index is 1.72. The molecule has 1 aliphatic heterocycles. The molecule has 1 aliphatic rings. The third-order valence-electron chi connectivity index (χ3n) is 4.59. The number of carbonyl (C=O) groups excluding carboxylic acids is 1. The first kappa shape index (κ1) is 17.3. The monoisotopic (exact) mass is 387 g/mol. The molecule has 8 nitrogen and oxygen atoms in total. The van der Waals surface area contributed by atoms with Gasteiger partial charge in [-0.05, 0) is 30.7 Å². The fourth-order valence-corrected chi connectivity index (χ4v) is 4.27. The number of rotatable bonds is 4. The van der Waals surface area contributed by atoms with Crippen molar-refractivity contribution in [3.05, 3.63) is 53.0 Å². The summed E-state index contributed by atoms with van der Waals surface area (Å²) in [5, 5.41) is 0. The normalized spacial score (nSPS) is 14.9. The molecule has 1 aromatic heterocycles. The van der Waals surface area contributed by atoms with Crippen molar-refractivity contribution < 1.29 is 17.6 Å². The van der Waals surface area contributed by atoms with Crippen molar-refractivity contribution in [1.29, 1.82) is 0 Å². The van der Waals surface area contributed by atoms with Gasteiger partial charge < -0.3 is 9.32 Å². The van der Waals surface area contributed by atoms with Crippen molar-refractivity contribution >= 4 is 38.4 Å². The SMILES string of the molecule is Cn1c(=O)oc2cc(S(=O)(=O)Nc3ccccc3N3CCCC3=O)ccc21. The first-order valence-corrected chi connectivity index (χ1v) is 9.87. The highest BCUT2D eigenvalue weighted by atomic mass is 32.2. The number of nitrogens with zero attached hydrogens (tertiary/aromatic N) is 2. The zero-order chi connectivity index (χ0) is 19.2. The molecule has 1 N–H and O–H groups in total. The van der Waals surface area contributed by atoms with E-state index in [-0.39, 0.29) is 16.4 Å². The molecule has 0 saturated carbocycles. The number of benzene rings is 2. The summed E-state index contributed by atoms with van der Waals surface area (Å²) in [5.74, 6) is -0.598. The summed E-state index contributed by atoms with van der Waals surface area (Å²) in [6.45, 7) is 0.554. The molecule has 1 saturated heterocycles. The van der Waals surface area contributed by atoms with E-state index in [0.29, 0.717) is 29.9 Å². The molecule has 3 aromatic rings. The maximum absolute atomic E-state index is 12.8. The number of amides is 1. The highest BCUT2D eigenvalue weighted by Crippen LogP contribution is 2.31. The molecule has 0 bridgehead atoms. The average molecular weight is 387 g/mol. The van der Waals surface area contributed by atoms with Gasteiger partial charge >= 0.3 is 5.76 Å². The van der Waals surface area contributed by atoms with E-state index in [4.69, 9.17) is 4.42 Å². The third kappa shape index (κ3) is 2.99. The number of sulfonamides is 1. The highest BCUT2D eigenvalue weighted by Gasteiger charge is 2.25. The summed E-state index contributed by atoms with van der Waals surface area (Å²) >= 11 is 0. The van der Waals surface area contributed by atoms with Crippen LogP contribution in [-0.2, 0) is 21.9 Å². The molecule has 0 spiro atoms. The van der Waals surface area contributed by atoms with Crippen molar-refractivity contribution in [2.45, 2.75) is 17.7 Å². The predicted octanol–water partition coefficient (Wildman–Crippen LogP) is 2.06. The second-order valence-corrected chi connectivity index (χ2v) is 8.01. The number of oxazole rings is 1. The van der Waals surface area contributed by atoms with Gasteiger partial charge in [0.15, 0.2) is 5.58 Å². The van der Waals surface area contributed by atoms with Crippen molar-refractivity contribution in [2.24, 2.45) is 7.05 Å². The highest BCUT2D eigenvalue weighted by molar-refractivity contribution is 7.92. The van der Waals surface area contributed by atoms with Gasteiger partial charge in [0, 0.05) is 26.1 Å². The Kier molecular flexibility index (Phi) is 4.03. The topological polar surface area (TPSA) is 102 Å². The van der Waals surface area contributed by atoms with Gasteiger partial charge in [-0.25, -0.2) is 13.2 Å². The van der Waals surface area contributed by atoms with Crippen molar-refractivity contribution in [2.75, 3.05) is 16.2 Å². The van der Waals surface area contributed by atoms with Crippen LogP contribution in [0, 0.1) is 0 Å². The lowest BCUT2D eigenvalue weighted by Gasteiger charge is -2.20. The molecule has 0 unspecified atom stereocenters. The summed E-state index contributed by atoms with van der Waals surface area (Å²) in [6.07, 6.45) is 1.19. The minimum atomic E-state index is -3.94. The number of carbonyl (C=O) groups is 1. The van der Waals surface area contributed by atoms with E-state index in [1.54, 1.807) is 36.2 Å². The van der Waals surface area contributed by atoms with Gasteiger partial charge in [0.2, 0.25) is 5.91 Å². The molecule has 0 aliphatic carbocycles. The zero-order valence-electron chi connectivity index (χ0n) is 14.5. The largest absolute Gasteiger partial charge is 0.419 e. The smallest absolute Gasteiger partial charge is 0.408 e. The Hall–Kier alpha value is -3.07. The molecular weight excluding hydrogens is 370 g/mol. The first-order valence-electron chi connectivity index (χ1n) is 8.38. The number of para-hydroxylation sites is 2. The Morgan fingerprint density at radius 2 is 1.89 bits per heavy atom. The van der Waals surface area contributed by atoms with E-state index in [0.717, 1.165) is 6.42 Å². The Morgan fingerprint density at radius 1 is 1.11 bits per heavy atom. The van der Waals surface area contributed by atoms with Crippen LogP contribution in [0.1, 0.15) is 12.8 Å². The fraction of sp³-hybridized carbons (Fsp3) is 0.222. The molecule has 2 aromatic carbocycles.